The zero-order valence-electron chi connectivity index (χ0n) is 15.1. The number of benzene rings is 1. The smallest absolute Gasteiger partial charge is 0.406 e. The van der Waals surface area contributed by atoms with E-state index in [-0.39, 0.29) is 13.2 Å². The highest BCUT2D eigenvalue weighted by Gasteiger charge is 2.37. The lowest BCUT2D eigenvalue weighted by molar-refractivity contribution is -0.157. The molecule has 1 fully saturated rings. The van der Waals surface area contributed by atoms with Crippen LogP contribution in [0.25, 0.3) is 0 Å². The van der Waals surface area contributed by atoms with Gasteiger partial charge in [-0.3, -0.25) is 9.69 Å². The standard InChI is InChI=1S/C18H25F3N2O3/c1-3-7-25-15-6-5-14(16(9-15)26-8-4-2)10-22-11-17(24)23(13-22)12-18(19,20)21/h5-6,9H,3-4,7-8,10-13H2,1-2H3. The van der Waals surface area contributed by atoms with Crippen LogP contribution in [0.15, 0.2) is 18.2 Å². The fraction of sp³-hybridized carbons (Fsp3) is 0.611. The summed E-state index contributed by atoms with van der Waals surface area (Å²) in [4.78, 5) is 14.3. The SMILES string of the molecule is CCCOc1ccc(CN2CC(=O)N(CC(F)(F)F)C2)c(OCCC)c1. The van der Waals surface area contributed by atoms with Crippen LogP contribution >= 0.6 is 0 Å². The van der Waals surface area contributed by atoms with Crippen LogP contribution in [0.2, 0.25) is 0 Å². The van der Waals surface area contributed by atoms with E-state index >= 15 is 0 Å². The van der Waals surface area contributed by atoms with Crippen LogP contribution in [0.1, 0.15) is 32.3 Å². The third kappa shape index (κ3) is 6.09. The number of hydrogen-bond acceptors (Lipinski definition) is 4. The van der Waals surface area contributed by atoms with Gasteiger partial charge in [-0.05, 0) is 18.9 Å². The number of carbonyl (C=O) groups excluding carboxylic acids is 1. The molecule has 0 aliphatic carbocycles. The van der Waals surface area contributed by atoms with E-state index in [4.69, 9.17) is 9.47 Å². The number of amides is 1. The minimum Gasteiger partial charge on any atom is -0.493 e. The largest absolute Gasteiger partial charge is 0.493 e. The Hall–Kier alpha value is -1.96. The first kappa shape index (κ1) is 20.4. The first-order chi connectivity index (χ1) is 12.3. The van der Waals surface area contributed by atoms with Gasteiger partial charge in [-0.25, -0.2) is 0 Å². The summed E-state index contributed by atoms with van der Waals surface area (Å²) in [6.45, 7) is 4.18. The number of rotatable bonds is 9. The van der Waals surface area contributed by atoms with Gasteiger partial charge in [0, 0.05) is 18.2 Å². The predicted octanol–water partition coefficient (Wildman–Crippen LogP) is 3.43. The van der Waals surface area contributed by atoms with Gasteiger partial charge in [0.1, 0.15) is 18.0 Å². The summed E-state index contributed by atoms with van der Waals surface area (Å²) in [6, 6.07) is 5.45. The van der Waals surface area contributed by atoms with Crippen LogP contribution in [0.4, 0.5) is 13.2 Å². The van der Waals surface area contributed by atoms with Gasteiger partial charge in [-0.15, -0.1) is 0 Å². The molecule has 1 aliphatic heterocycles. The van der Waals surface area contributed by atoms with Gasteiger partial charge in [0.25, 0.3) is 0 Å². The predicted molar refractivity (Wildman–Crippen MR) is 91.1 cm³/mol. The average Bonchev–Trinajstić information content (AvgIpc) is 2.90. The summed E-state index contributed by atoms with van der Waals surface area (Å²) in [7, 11) is 0. The van der Waals surface area contributed by atoms with Crippen molar-refractivity contribution in [1.82, 2.24) is 9.80 Å². The highest BCUT2D eigenvalue weighted by atomic mass is 19.4. The molecule has 5 nitrogen and oxygen atoms in total. The van der Waals surface area contributed by atoms with E-state index in [0.29, 0.717) is 31.3 Å². The Bertz CT molecular complexity index is 608. The maximum Gasteiger partial charge on any atom is 0.406 e. The van der Waals surface area contributed by atoms with E-state index < -0.39 is 18.6 Å². The van der Waals surface area contributed by atoms with Gasteiger partial charge in [-0.1, -0.05) is 19.9 Å². The normalized spacial score (nSPS) is 15.6. The Kier molecular flexibility index (Phi) is 7.14. The van der Waals surface area contributed by atoms with Crippen molar-refractivity contribution in [1.29, 1.82) is 0 Å². The highest BCUT2D eigenvalue weighted by molar-refractivity contribution is 5.80. The molecule has 0 unspecified atom stereocenters. The van der Waals surface area contributed by atoms with Gasteiger partial charge >= 0.3 is 6.18 Å². The van der Waals surface area contributed by atoms with Gasteiger partial charge in [0.15, 0.2) is 0 Å². The molecule has 0 aromatic heterocycles. The lowest BCUT2D eigenvalue weighted by atomic mass is 10.1. The summed E-state index contributed by atoms with van der Waals surface area (Å²) in [6.07, 6.45) is -2.67. The lowest BCUT2D eigenvalue weighted by Gasteiger charge is -2.20. The molecular weight excluding hydrogens is 349 g/mol. The third-order valence-electron chi connectivity index (χ3n) is 3.82. The highest BCUT2D eigenvalue weighted by Crippen LogP contribution is 2.28. The number of halogens is 3. The molecule has 146 valence electrons. The fourth-order valence-electron chi connectivity index (χ4n) is 2.68. The molecule has 0 saturated carbocycles. The molecule has 8 heteroatoms. The van der Waals surface area contributed by atoms with Gasteiger partial charge in [-0.2, -0.15) is 13.2 Å². The molecule has 1 aromatic carbocycles. The molecule has 1 aliphatic rings. The van der Waals surface area contributed by atoms with Crippen molar-refractivity contribution in [3.8, 4) is 11.5 Å². The fourth-order valence-corrected chi connectivity index (χ4v) is 2.68. The van der Waals surface area contributed by atoms with Crippen LogP contribution in [0, 0.1) is 0 Å². The van der Waals surface area contributed by atoms with E-state index in [2.05, 4.69) is 0 Å². The summed E-state index contributed by atoms with van der Waals surface area (Å²) in [5, 5.41) is 0. The zero-order chi connectivity index (χ0) is 19.2. The molecule has 2 rings (SSSR count). The summed E-state index contributed by atoms with van der Waals surface area (Å²) < 4.78 is 49.0. The molecule has 0 bridgehead atoms. The second-order valence-electron chi connectivity index (χ2n) is 6.30. The van der Waals surface area contributed by atoms with Crippen LogP contribution < -0.4 is 9.47 Å². The van der Waals surface area contributed by atoms with E-state index in [1.165, 1.54) is 0 Å². The number of carbonyl (C=O) groups is 1. The number of alkyl halides is 3. The first-order valence-corrected chi connectivity index (χ1v) is 8.77. The Balaban J connectivity index is 2.06. The molecule has 0 spiro atoms. The average molecular weight is 374 g/mol. The van der Waals surface area contributed by atoms with Crippen LogP contribution in [0.3, 0.4) is 0 Å². The molecule has 26 heavy (non-hydrogen) atoms. The summed E-state index contributed by atoms with van der Waals surface area (Å²) >= 11 is 0. The first-order valence-electron chi connectivity index (χ1n) is 8.77. The van der Waals surface area contributed by atoms with Crippen LogP contribution in [-0.2, 0) is 11.3 Å². The van der Waals surface area contributed by atoms with Crippen molar-refractivity contribution in [2.75, 3.05) is 33.0 Å². The van der Waals surface area contributed by atoms with Crippen molar-refractivity contribution < 1.29 is 27.4 Å². The Morgan fingerprint density at radius 2 is 1.81 bits per heavy atom. The molecule has 0 atom stereocenters. The molecule has 0 radical (unpaired) electrons. The van der Waals surface area contributed by atoms with E-state index in [1.807, 2.05) is 26.0 Å². The minimum absolute atomic E-state index is 0.0304. The van der Waals surface area contributed by atoms with Crippen LogP contribution in [-0.4, -0.2) is 54.9 Å². The van der Waals surface area contributed by atoms with Crippen LogP contribution in [0.5, 0.6) is 11.5 Å². The Morgan fingerprint density at radius 3 is 2.46 bits per heavy atom. The molecule has 1 heterocycles. The minimum atomic E-state index is -4.39. The zero-order valence-corrected chi connectivity index (χ0v) is 15.1. The summed E-state index contributed by atoms with van der Waals surface area (Å²) in [5.41, 5.74) is 0.823. The van der Waals surface area contributed by atoms with E-state index in [1.54, 1.807) is 11.0 Å². The Morgan fingerprint density at radius 1 is 1.12 bits per heavy atom. The number of hydrogen-bond donors (Lipinski definition) is 0. The van der Waals surface area contributed by atoms with Crippen molar-refractivity contribution in [2.24, 2.45) is 0 Å². The molecule has 1 saturated heterocycles. The third-order valence-corrected chi connectivity index (χ3v) is 3.82. The summed E-state index contributed by atoms with van der Waals surface area (Å²) in [5.74, 6) is 0.821. The molecule has 0 N–H and O–H groups in total. The molecular formula is C18H25F3N2O3. The van der Waals surface area contributed by atoms with Gasteiger partial charge in [0.05, 0.1) is 26.4 Å². The second kappa shape index (κ2) is 9.12. The van der Waals surface area contributed by atoms with E-state index in [9.17, 15) is 18.0 Å². The van der Waals surface area contributed by atoms with E-state index in [0.717, 1.165) is 23.3 Å². The van der Waals surface area contributed by atoms with Crippen molar-refractivity contribution >= 4 is 5.91 Å². The maximum absolute atomic E-state index is 12.5. The van der Waals surface area contributed by atoms with Gasteiger partial charge in [0.2, 0.25) is 5.91 Å². The van der Waals surface area contributed by atoms with Crippen molar-refractivity contribution in [2.45, 2.75) is 39.4 Å². The maximum atomic E-state index is 12.5. The monoisotopic (exact) mass is 374 g/mol. The Labute approximate surface area is 151 Å². The second-order valence-corrected chi connectivity index (χ2v) is 6.30. The van der Waals surface area contributed by atoms with Crippen molar-refractivity contribution in [3.05, 3.63) is 23.8 Å². The topological polar surface area (TPSA) is 42.0 Å². The lowest BCUT2D eigenvalue weighted by Crippen LogP contribution is -2.36. The molecule has 1 aromatic rings. The molecule has 1 amide bonds. The van der Waals surface area contributed by atoms with Gasteiger partial charge < -0.3 is 14.4 Å². The quantitative estimate of drug-likeness (QED) is 0.664. The number of ether oxygens (including phenoxy) is 2. The van der Waals surface area contributed by atoms with Crippen molar-refractivity contribution in [3.63, 3.8) is 0 Å². The number of nitrogens with zero attached hydrogens (tertiary/aromatic N) is 2.